The number of piperidine rings is 1. The van der Waals surface area contributed by atoms with E-state index in [0.29, 0.717) is 29.4 Å². The Bertz CT molecular complexity index is 926. The summed E-state index contributed by atoms with van der Waals surface area (Å²) in [7, 11) is -3.70. The molecule has 0 spiro atoms. The zero-order valence-electron chi connectivity index (χ0n) is 13.9. The molecule has 0 bridgehead atoms. The Balaban J connectivity index is 1.88. The van der Waals surface area contributed by atoms with Gasteiger partial charge in [0.25, 0.3) is 5.91 Å². The number of anilines is 1. The first-order valence-electron chi connectivity index (χ1n) is 8.25. The molecule has 8 heteroatoms. The van der Waals surface area contributed by atoms with Gasteiger partial charge >= 0.3 is 0 Å². The molecule has 1 heterocycles. The molecule has 3 rings (SSSR count). The average molecular weight is 413 g/mol. The van der Waals surface area contributed by atoms with Crippen molar-refractivity contribution in [2.75, 3.05) is 18.4 Å². The number of sulfonamides is 1. The number of carbonyl (C=O) groups is 1. The molecule has 1 N–H and O–H groups in total. The second-order valence-corrected chi connectivity index (χ2v) is 8.76. The number of hydrogen-bond donors (Lipinski definition) is 1. The van der Waals surface area contributed by atoms with Gasteiger partial charge in [0.1, 0.15) is 4.90 Å². The molecule has 1 saturated heterocycles. The quantitative estimate of drug-likeness (QED) is 0.807. The Hall–Kier alpha value is -1.60. The van der Waals surface area contributed by atoms with Gasteiger partial charge in [-0.15, -0.1) is 0 Å². The fraction of sp³-hybridized carbons (Fsp3) is 0.278. The van der Waals surface area contributed by atoms with Crippen LogP contribution in [0.25, 0.3) is 0 Å². The number of amides is 1. The SMILES string of the molecule is O=C(Nc1ccc(Cl)c(S(=O)(=O)N2CCCCC2)c1)c1ccccc1Cl. The molecule has 5 nitrogen and oxygen atoms in total. The van der Waals surface area contributed by atoms with E-state index in [1.165, 1.54) is 16.4 Å². The van der Waals surface area contributed by atoms with Gasteiger partial charge in [-0.25, -0.2) is 8.42 Å². The van der Waals surface area contributed by atoms with Crippen LogP contribution in [-0.4, -0.2) is 31.7 Å². The van der Waals surface area contributed by atoms with Crippen LogP contribution in [-0.2, 0) is 10.0 Å². The molecule has 2 aromatic rings. The number of halogens is 2. The topological polar surface area (TPSA) is 66.5 Å². The van der Waals surface area contributed by atoms with Gasteiger partial charge < -0.3 is 5.32 Å². The zero-order chi connectivity index (χ0) is 18.7. The Morgan fingerprint density at radius 1 is 0.962 bits per heavy atom. The Morgan fingerprint density at radius 3 is 2.35 bits per heavy atom. The number of nitrogens with zero attached hydrogens (tertiary/aromatic N) is 1. The second kappa shape index (κ2) is 7.96. The molecule has 1 aliphatic rings. The van der Waals surface area contributed by atoms with Crippen molar-refractivity contribution >= 4 is 44.8 Å². The van der Waals surface area contributed by atoms with Crippen molar-refractivity contribution in [1.29, 1.82) is 0 Å². The van der Waals surface area contributed by atoms with Crippen LogP contribution in [0.5, 0.6) is 0 Å². The minimum absolute atomic E-state index is 0.00183. The molecule has 1 amide bonds. The lowest BCUT2D eigenvalue weighted by Crippen LogP contribution is -2.35. The van der Waals surface area contributed by atoms with Crippen molar-refractivity contribution in [2.45, 2.75) is 24.2 Å². The first-order valence-corrected chi connectivity index (χ1v) is 10.4. The smallest absolute Gasteiger partial charge is 0.257 e. The van der Waals surface area contributed by atoms with Gasteiger partial charge in [-0.05, 0) is 43.2 Å². The predicted molar refractivity (Wildman–Crippen MR) is 103 cm³/mol. The third kappa shape index (κ3) is 4.04. The van der Waals surface area contributed by atoms with Crippen molar-refractivity contribution in [3.8, 4) is 0 Å². The molecule has 2 aromatic carbocycles. The first-order chi connectivity index (χ1) is 12.4. The van der Waals surface area contributed by atoms with Crippen molar-refractivity contribution in [3.05, 3.63) is 58.1 Å². The highest BCUT2D eigenvalue weighted by Gasteiger charge is 2.28. The Labute approximate surface area is 163 Å². The lowest BCUT2D eigenvalue weighted by Gasteiger charge is -2.26. The molecular formula is C18H18Cl2N2O3S. The van der Waals surface area contributed by atoms with Gasteiger partial charge in [0.2, 0.25) is 10.0 Å². The van der Waals surface area contributed by atoms with Gasteiger partial charge in [-0.3, -0.25) is 4.79 Å². The highest BCUT2D eigenvalue weighted by molar-refractivity contribution is 7.89. The highest BCUT2D eigenvalue weighted by Crippen LogP contribution is 2.29. The molecule has 0 saturated carbocycles. The minimum atomic E-state index is -3.70. The van der Waals surface area contributed by atoms with Crippen LogP contribution in [0, 0.1) is 0 Å². The summed E-state index contributed by atoms with van der Waals surface area (Å²) in [5.41, 5.74) is 0.652. The second-order valence-electron chi connectivity index (χ2n) is 6.04. The molecule has 0 unspecified atom stereocenters. The maximum absolute atomic E-state index is 12.9. The van der Waals surface area contributed by atoms with E-state index < -0.39 is 15.9 Å². The van der Waals surface area contributed by atoms with Crippen LogP contribution in [0.1, 0.15) is 29.6 Å². The molecule has 1 aliphatic heterocycles. The maximum Gasteiger partial charge on any atom is 0.257 e. The number of carbonyl (C=O) groups excluding carboxylic acids is 1. The van der Waals surface area contributed by atoms with Gasteiger partial charge in [0.15, 0.2) is 0 Å². The highest BCUT2D eigenvalue weighted by atomic mass is 35.5. The third-order valence-corrected chi connectivity index (χ3v) is 6.95. The van der Waals surface area contributed by atoms with Gasteiger partial charge in [0, 0.05) is 18.8 Å². The number of hydrogen-bond acceptors (Lipinski definition) is 3. The lowest BCUT2D eigenvalue weighted by molar-refractivity contribution is 0.102. The number of benzene rings is 2. The van der Waals surface area contributed by atoms with Crippen LogP contribution in [0.15, 0.2) is 47.4 Å². The van der Waals surface area contributed by atoms with E-state index >= 15 is 0 Å². The summed E-state index contributed by atoms with van der Waals surface area (Å²) in [5.74, 6) is -0.417. The van der Waals surface area contributed by atoms with E-state index in [0.717, 1.165) is 19.3 Å². The third-order valence-electron chi connectivity index (χ3n) is 4.24. The van der Waals surface area contributed by atoms with Crippen LogP contribution >= 0.6 is 23.2 Å². The monoisotopic (exact) mass is 412 g/mol. The summed E-state index contributed by atoms with van der Waals surface area (Å²) >= 11 is 12.2. The summed E-state index contributed by atoms with van der Waals surface area (Å²) in [5, 5.41) is 3.13. The summed E-state index contributed by atoms with van der Waals surface area (Å²) in [4.78, 5) is 12.4. The standard InChI is InChI=1S/C18H18Cl2N2O3S/c19-15-7-3-2-6-14(15)18(23)21-13-8-9-16(20)17(12-13)26(24,25)22-10-4-1-5-11-22/h2-3,6-9,12H,1,4-5,10-11H2,(H,21,23). The van der Waals surface area contributed by atoms with Gasteiger partial charge in [0.05, 0.1) is 15.6 Å². The van der Waals surface area contributed by atoms with E-state index in [1.54, 1.807) is 30.3 Å². The molecular weight excluding hydrogens is 395 g/mol. The van der Waals surface area contributed by atoms with Crippen molar-refractivity contribution < 1.29 is 13.2 Å². The maximum atomic E-state index is 12.9. The van der Waals surface area contributed by atoms with E-state index in [4.69, 9.17) is 23.2 Å². The van der Waals surface area contributed by atoms with Crippen molar-refractivity contribution in [3.63, 3.8) is 0 Å². The fourth-order valence-electron chi connectivity index (χ4n) is 2.87. The number of nitrogens with one attached hydrogen (secondary N) is 1. The van der Waals surface area contributed by atoms with E-state index in [9.17, 15) is 13.2 Å². The molecule has 138 valence electrons. The van der Waals surface area contributed by atoms with Crippen LogP contribution < -0.4 is 5.32 Å². The summed E-state index contributed by atoms with van der Waals surface area (Å²) < 4.78 is 27.2. The predicted octanol–water partition coefficient (Wildman–Crippen LogP) is 4.42. The molecule has 0 atom stereocenters. The average Bonchev–Trinajstić information content (AvgIpc) is 2.64. The van der Waals surface area contributed by atoms with Crippen molar-refractivity contribution in [1.82, 2.24) is 4.31 Å². The van der Waals surface area contributed by atoms with E-state index in [-0.39, 0.29) is 9.92 Å². The zero-order valence-corrected chi connectivity index (χ0v) is 16.2. The fourth-order valence-corrected chi connectivity index (χ4v) is 5.11. The Kier molecular flexibility index (Phi) is 5.87. The first kappa shape index (κ1) is 19.2. The van der Waals surface area contributed by atoms with Crippen LogP contribution in [0.2, 0.25) is 10.0 Å². The van der Waals surface area contributed by atoms with E-state index in [1.807, 2.05) is 0 Å². The van der Waals surface area contributed by atoms with Gasteiger partial charge in [-0.1, -0.05) is 41.8 Å². The molecule has 0 aromatic heterocycles. The largest absolute Gasteiger partial charge is 0.322 e. The summed E-state index contributed by atoms with van der Waals surface area (Å²) in [6.45, 7) is 0.962. The van der Waals surface area contributed by atoms with E-state index in [2.05, 4.69) is 5.32 Å². The van der Waals surface area contributed by atoms with Gasteiger partial charge in [-0.2, -0.15) is 4.31 Å². The minimum Gasteiger partial charge on any atom is -0.322 e. The summed E-state index contributed by atoms with van der Waals surface area (Å²) in [6, 6.07) is 11.1. The molecule has 26 heavy (non-hydrogen) atoms. The summed E-state index contributed by atoms with van der Waals surface area (Å²) in [6.07, 6.45) is 2.69. The van der Waals surface area contributed by atoms with Crippen molar-refractivity contribution in [2.24, 2.45) is 0 Å². The van der Waals surface area contributed by atoms with Crippen LogP contribution in [0.4, 0.5) is 5.69 Å². The molecule has 0 aliphatic carbocycles. The van der Waals surface area contributed by atoms with Crippen LogP contribution in [0.3, 0.4) is 0 Å². The lowest BCUT2D eigenvalue weighted by atomic mass is 10.2. The Morgan fingerprint density at radius 2 is 1.65 bits per heavy atom. The normalized spacial score (nSPS) is 15.6. The molecule has 1 fully saturated rings. The number of rotatable bonds is 4. The molecule has 0 radical (unpaired) electrons.